The number of carbonyl (C=O) groups excluding carboxylic acids is 2. The van der Waals surface area contributed by atoms with Crippen LogP contribution in [-0.2, 0) is 16.0 Å². The summed E-state index contributed by atoms with van der Waals surface area (Å²) in [4.78, 5) is 24.8. The van der Waals surface area contributed by atoms with E-state index in [-0.39, 0.29) is 22.7 Å². The van der Waals surface area contributed by atoms with Crippen LogP contribution in [0, 0.1) is 5.41 Å². The molecule has 1 aliphatic rings. The Hall–Kier alpha value is -1.68. The summed E-state index contributed by atoms with van der Waals surface area (Å²) in [5.74, 6) is -1.10. The van der Waals surface area contributed by atoms with E-state index in [2.05, 4.69) is 22.5 Å². The Labute approximate surface area is 132 Å². The fraction of sp³-hybridized carbons (Fsp3) is 0.294. The predicted octanol–water partition coefficient (Wildman–Crippen LogP) is 4.01. The summed E-state index contributed by atoms with van der Waals surface area (Å²) in [6.07, 6.45) is 0.708. The Morgan fingerprint density at radius 1 is 1.24 bits per heavy atom. The van der Waals surface area contributed by atoms with Crippen LogP contribution in [0.15, 0.2) is 40.6 Å². The SMILES string of the molecule is C=C1C(=O)C(C)(C)C(=O)C(c2ccc(Br)cc2CC)=C1O. The van der Waals surface area contributed by atoms with Crippen LogP contribution in [0.4, 0.5) is 0 Å². The van der Waals surface area contributed by atoms with Crippen molar-refractivity contribution < 1.29 is 14.7 Å². The molecule has 110 valence electrons. The number of hydrogen-bond acceptors (Lipinski definition) is 3. The van der Waals surface area contributed by atoms with Crippen molar-refractivity contribution in [3.63, 3.8) is 0 Å². The van der Waals surface area contributed by atoms with Crippen LogP contribution in [0.3, 0.4) is 0 Å². The van der Waals surface area contributed by atoms with Crippen LogP contribution in [0.2, 0.25) is 0 Å². The average molecular weight is 349 g/mol. The second-order valence-electron chi connectivity index (χ2n) is 5.64. The summed E-state index contributed by atoms with van der Waals surface area (Å²) in [6, 6.07) is 5.51. The number of aryl methyl sites for hydroxylation is 1. The Bertz CT molecular complexity index is 696. The van der Waals surface area contributed by atoms with Crippen molar-refractivity contribution in [1.82, 2.24) is 0 Å². The molecule has 1 aromatic rings. The lowest BCUT2D eigenvalue weighted by molar-refractivity contribution is -0.133. The van der Waals surface area contributed by atoms with Crippen molar-refractivity contribution in [2.24, 2.45) is 5.41 Å². The molecule has 1 N–H and O–H groups in total. The lowest BCUT2D eigenvalue weighted by Crippen LogP contribution is -2.39. The van der Waals surface area contributed by atoms with Crippen molar-refractivity contribution in [3.8, 4) is 0 Å². The lowest BCUT2D eigenvalue weighted by atomic mass is 9.70. The topological polar surface area (TPSA) is 54.4 Å². The molecule has 1 aromatic carbocycles. The second kappa shape index (κ2) is 5.26. The van der Waals surface area contributed by atoms with Gasteiger partial charge >= 0.3 is 0 Å². The van der Waals surface area contributed by atoms with Gasteiger partial charge < -0.3 is 5.11 Å². The van der Waals surface area contributed by atoms with E-state index >= 15 is 0 Å². The van der Waals surface area contributed by atoms with Crippen LogP contribution in [0.5, 0.6) is 0 Å². The molecule has 0 saturated heterocycles. The summed E-state index contributed by atoms with van der Waals surface area (Å²) in [5, 5.41) is 10.3. The molecule has 0 radical (unpaired) electrons. The van der Waals surface area contributed by atoms with E-state index in [0.717, 1.165) is 10.0 Å². The van der Waals surface area contributed by atoms with Gasteiger partial charge in [-0.3, -0.25) is 9.59 Å². The third-order valence-electron chi connectivity index (χ3n) is 3.88. The van der Waals surface area contributed by atoms with Gasteiger partial charge in [0.15, 0.2) is 11.6 Å². The Morgan fingerprint density at radius 2 is 1.86 bits per heavy atom. The van der Waals surface area contributed by atoms with Crippen LogP contribution in [0.25, 0.3) is 5.57 Å². The maximum absolute atomic E-state index is 12.7. The van der Waals surface area contributed by atoms with E-state index in [0.29, 0.717) is 12.0 Å². The highest BCUT2D eigenvalue weighted by Crippen LogP contribution is 2.40. The summed E-state index contributed by atoms with van der Waals surface area (Å²) in [5.41, 5.74) is 0.576. The average Bonchev–Trinajstić information content (AvgIpc) is 2.45. The molecule has 0 bridgehead atoms. The fourth-order valence-corrected chi connectivity index (χ4v) is 2.92. The Kier molecular flexibility index (Phi) is 3.93. The highest BCUT2D eigenvalue weighted by molar-refractivity contribution is 9.10. The minimum atomic E-state index is -1.20. The van der Waals surface area contributed by atoms with Gasteiger partial charge in [-0.2, -0.15) is 0 Å². The van der Waals surface area contributed by atoms with E-state index < -0.39 is 11.2 Å². The van der Waals surface area contributed by atoms with E-state index in [1.165, 1.54) is 0 Å². The van der Waals surface area contributed by atoms with E-state index in [9.17, 15) is 14.7 Å². The minimum absolute atomic E-state index is 0.000396. The standard InChI is InChI=1S/C17H17BrO3/c1-5-10-8-11(18)6-7-12(10)13-14(19)9(2)15(20)17(3,4)16(13)21/h6-8,19H,2,5H2,1,3-4H3. The highest BCUT2D eigenvalue weighted by atomic mass is 79.9. The molecule has 0 saturated carbocycles. The summed E-state index contributed by atoms with van der Waals surface area (Å²) < 4.78 is 0.903. The molecular weight excluding hydrogens is 332 g/mol. The van der Waals surface area contributed by atoms with Crippen LogP contribution < -0.4 is 0 Å². The molecule has 21 heavy (non-hydrogen) atoms. The largest absolute Gasteiger partial charge is 0.506 e. The number of aliphatic hydroxyl groups excluding tert-OH is 1. The number of hydrogen-bond donors (Lipinski definition) is 1. The maximum Gasteiger partial charge on any atom is 0.180 e. The molecule has 0 amide bonds. The van der Waals surface area contributed by atoms with E-state index in [4.69, 9.17) is 0 Å². The minimum Gasteiger partial charge on any atom is -0.506 e. The third kappa shape index (κ3) is 2.38. The zero-order valence-electron chi connectivity index (χ0n) is 12.3. The first-order valence-electron chi connectivity index (χ1n) is 6.72. The number of rotatable bonds is 2. The number of Topliss-reactive ketones (excluding diaryl/α,β-unsaturated/α-hetero) is 2. The van der Waals surface area contributed by atoms with Gasteiger partial charge in [0.25, 0.3) is 0 Å². The summed E-state index contributed by atoms with van der Waals surface area (Å²) in [6.45, 7) is 8.75. The Balaban J connectivity index is 2.75. The van der Waals surface area contributed by atoms with Gasteiger partial charge in [-0.15, -0.1) is 0 Å². The first-order valence-corrected chi connectivity index (χ1v) is 7.52. The molecule has 0 atom stereocenters. The van der Waals surface area contributed by atoms with Gasteiger partial charge in [0.2, 0.25) is 0 Å². The van der Waals surface area contributed by atoms with Crippen LogP contribution in [0.1, 0.15) is 31.9 Å². The number of aliphatic hydroxyl groups is 1. The van der Waals surface area contributed by atoms with Gasteiger partial charge in [-0.1, -0.05) is 35.5 Å². The predicted molar refractivity (Wildman–Crippen MR) is 86.0 cm³/mol. The van der Waals surface area contributed by atoms with Crippen molar-refractivity contribution >= 4 is 33.1 Å². The summed E-state index contributed by atoms with van der Waals surface area (Å²) >= 11 is 3.40. The number of ketones is 2. The molecule has 0 spiro atoms. The zero-order chi connectivity index (χ0) is 15.9. The monoisotopic (exact) mass is 348 g/mol. The van der Waals surface area contributed by atoms with Gasteiger partial charge in [0, 0.05) is 4.47 Å². The maximum atomic E-state index is 12.7. The van der Waals surface area contributed by atoms with Gasteiger partial charge in [0.05, 0.1) is 16.6 Å². The number of carbonyl (C=O) groups is 2. The molecular formula is C17H17BrO3. The molecule has 0 aliphatic heterocycles. The van der Waals surface area contributed by atoms with Gasteiger partial charge in [-0.25, -0.2) is 0 Å². The van der Waals surface area contributed by atoms with E-state index in [1.807, 2.05) is 19.1 Å². The van der Waals surface area contributed by atoms with Crippen molar-refractivity contribution in [3.05, 3.63) is 51.7 Å². The molecule has 0 fully saturated rings. The molecule has 2 rings (SSSR count). The molecule has 4 heteroatoms. The first kappa shape index (κ1) is 15.7. The van der Waals surface area contributed by atoms with Crippen molar-refractivity contribution in [2.75, 3.05) is 0 Å². The van der Waals surface area contributed by atoms with Crippen LogP contribution in [-0.4, -0.2) is 16.7 Å². The summed E-state index contributed by atoms with van der Waals surface area (Å²) in [7, 11) is 0. The molecule has 0 unspecified atom stereocenters. The molecule has 0 aromatic heterocycles. The lowest BCUT2D eigenvalue weighted by Gasteiger charge is -2.30. The Morgan fingerprint density at radius 3 is 2.43 bits per heavy atom. The van der Waals surface area contributed by atoms with Gasteiger partial charge in [0.1, 0.15) is 5.76 Å². The second-order valence-corrected chi connectivity index (χ2v) is 6.56. The smallest absolute Gasteiger partial charge is 0.180 e. The molecule has 0 heterocycles. The quantitative estimate of drug-likeness (QED) is 0.648. The molecule has 3 nitrogen and oxygen atoms in total. The number of benzene rings is 1. The van der Waals surface area contributed by atoms with Crippen molar-refractivity contribution in [1.29, 1.82) is 0 Å². The van der Waals surface area contributed by atoms with Crippen molar-refractivity contribution in [2.45, 2.75) is 27.2 Å². The van der Waals surface area contributed by atoms with Gasteiger partial charge in [-0.05, 0) is 43.5 Å². The van der Waals surface area contributed by atoms with Crippen LogP contribution >= 0.6 is 15.9 Å². The zero-order valence-corrected chi connectivity index (χ0v) is 13.9. The molecule has 1 aliphatic carbocycles. The highest BCUT2D eigenvalue weighted by Gasteiger charge is 2.46. The van der Waals surface area contributed by atoms with E-state index in [1.54, 1.807) is 19.9 Å². The normalized spacial score (nSPS) is 18.4. The number of allylic oxidation sites excluding steroid dienone is 2. The number of halogens is 1. The first-order chi connectivity index (χ1) is 9.71. The fourth-order valence-electron chi connectivity index (χ4n) is 2.51. The third-order valence-corrected chi connectivity index (χ3v) is 4.37.